The molecule has 0 bridgehead atoms. The Morgan fingerprint density at radius 3 is 1.98 bits per heavy atom. The van der Waals surface area contributed by atoms with Crippen LogP contribution in [0, 0.1) is 5.92 Å². The van der Waals surface area contributed by atoms with Gasteiger partial charge in [-0.05, 0) is 83.6 Å². The lowest BCUT2D eigenvalue weighted by Gasteiger charge is -2.22. The van der Waals surface area contributed by atoms with Crippen molar-refractivity contribution in [1.82, 2.24) is 0 Å². The molecular formula is C43H39N. The van der Waals surface area contributed by atoms with Crippen LogP contribution in [0.4, 0.5) is 0 Å². The fourth-order valence-corrected chi connectivity index (χ4v) is 6.81. The Morgan fingerprint density at radius 2 is 1.25 bits per heavy atom. The lowest BCUT2D eigenvalue weighted by Crippen LogP contribution is -2.09. The van der Waals surface area contributed by atoms with Gasteiger partial charge >= 0.3 is 0 Å². The lowest BCUT2D eigenvalue weighted by atomic mass is 9.83. The minimum Gasteiger partial charge on any atom is -0.252 e. The molecule has 216 valence electrons. The van der Waals surface area contributed by atoms with Crippen molar-refractivity contribution in [2.75, 3.05) is 0 Å². The third kappa shape index (κ3) is 6.01. The van der Waals surface area contributed by atoms with E-state index >= 15 is 0 Å². The molecule has 0 saturated carbocycles. The summed E-state index contributed by atoms with van der Waals surface area (Å²) < 4.78 is 0. The molecule has 0 fully saturated rings. The lowest BCUT2D eigenvalue weighted by molar-refractivity contribution is 0.746. The molecule has 0 amide bonds. The molecule has 1 nitrogen and oxygen atoms in total. The van der Waals surface area contributed by atoms with Gasteiger partial charge in [-0.15, -0.1) is 0 Å². The van der Waals surface area contributed by atoms with E-state index in [1.807, 2.05) is 0 Å². The zero-order valence-corrected chi connectivity index (χ0v) is 25.5. The number of hydrogen-bond acceptors (Lipinski definition) is 1. The highest BCUT2D eigenvalue weighted by Crippen LogP contribution is 2.37. The molecule has 0 radical (unpaired) electrons. The first-order valence-electron chi connectivity index (χ1n) is 16.1. The summed E-state index contributed by atoms with van der Waals surface area (Å²) >= 11 is 0. The molecule has 2 unspecified atom stereocenters. The summed E-state index contributed by atoms with van der Waals surface area (Å²) in [6.45, 7) is 2.24. The maximum atomic E-state index is 5.42. The summed E-state index contributed by atoms with van der Waals surface area (Å²) in [7, 11) is 0. The number of allylic oxidation sites excluding steroid dienone is 15. The van der Waals surface area contributed by atoms with Gasteiger partial charge in [-0.25, -0.2) is 0 Å². The van der Waals surface area contributed by atoms with Crippen LogP contribution in [0.3, 0.4) is 0 Å². The maximum Gasteiger partial charge on any atom is 0.0737 e. The molecule has 3 aliphatic carbocycles. The molecule has 0 N–H and O–H groups in total. The van der Waals surface area contributed by atoms with Crippen LogP contribution in [-0.2, 0) is 0 Å². The Labute approximate surface area is 262 Å². The summed E-state index contributed by atoms with van der Waals surface area (Å²) in [4.78, 5) is 5.42. The average molecular weight is 570 g/mol. The summed E-state index contributed by atoms with van der Waals surface area (Å²) in [5.41, 5.74) is 14.0. The first-order valence-corrected chi connectivity index (χ1v) is 16.1. The van der Waals surface area contributed by atoms with Gasteiger partial charge < -0.3 is 0 Å². The number of aliphatic imine (C=N–C) groups is 1. The quantitative estimate of drug-likeness (QED) is 0.280. The summed E-state index contributed by atoms with van der Waals surface area (Å²) in [6, 6.07) is 30.6. The first kappa shape index (κ1) is 28.0. The van der Waals surface area contributed by atoms with Crippen LogP contribution in [0.2, 0.25) is 0 Å². The zero-order chi connectivity index (χ0) is 29.7. The smallest absolute Gasteiger partial charge is 0.0737 e. The molecule has 4 aliphatic rings. The van der Waals surface area contributed by atoms with E-state index in [4.69, 9.17) is 4.99 Å². The second-order valence-electron chi connectivity index (χ2n) is 12.1. The van der Waals surface area contributed by atoms with Crippen LogP contribution in [-0.4, -0.2) is 5.71 Å². The van der Waals surface area contributed by atoms with Crippen molar-refractivity contribution in [3.05, 3.63) is 190 Å². The molecule has 7 rings (SSSR count). The number of benzene rings is 3. The molecule has 0 aromatic heterocycles. The normalized spacial score (nSPS) is 21.6. The highest BCUT2D eigenvalue weighted by molar-refractivity contribution is 6.17. The van der Waals surface area contributed by atoms with Gasteiger partial charge in [0.1, 0.15) is 0 Å². The van der Waals surface area contributed by atoms with Gasteiger partial charge in [0, 0.05) is 23.1 Å². The Hall–Kier alpha value is -4.75. The SMILES string of the molecule is CC1=C(c2ccccc2)CC=C(C2C=C(C3=CC(c4cccc(C5=CCCC=C5)c4)CC=C3)C=CC2)N=C1c1ccccc1. The van der Waals surface area contributed by atoms with E-state index in [1.165, 1.54) is 50.1 Å². The molecule has 3 aromatic carbocycles. The predicted molar refractivity (Wildman–Crippen MR) is 187 cm³/mol. The molecule has 44 heavy (non-hydrogen) atoms. The molecular weight excluding hydrogens is 530 g/mol. The van der Waals surface area contributed by atoms with E-state index in [2.05, 4.69) is 153 Å². The molecule has 3 aromatic rings. The molecule has 1 heteroatoms. The Balaban J connectivity index is 1.20. The van der Waals surface area contributed by atoms with Crippen LogP contribution in [0.25, 0.3) is 11.1 Å². The van der Waals surface area contributed by atoms with Crippen molar-refractivity contribution in [2.24, 2.45) is 10.9 Å². The number of rotatable bonds is 6. The standard InChI is InChI=1S/C43H39N/c1-31-41(33-16-7-3-8-17-33)26-27-42(44-43(31)34-18-9-4-10-19-34)40-25-13-24-39(30-40)38-23-12-22-37(29-38)36-21-11-20-35(28-36)32-14-5-2-6-15-32/h3-5,7-21,23-24,27-30,37,40H,2,6,22,25-26H2,1H3. The van der Waals surface area contributed by atoms with Gasteiger partial charge in [0.2, 0.25) is 0 Å². The Morgan fingerprint density at radius 1 is 0.591 bits per heavy atom. The molecule has 0 spiro atoms. The third-order valence-corrected chi connectivity index (χ3v) is 9.23. The highest BCUT2D eigenvalue weighted by atomic mass is 14.8. The average Bonchev–Trinajstić information content (AvgIpc) is 3.28. The van der Waals surface area contributed by atoms with Gasteiger partial charge in [-0.2, -0.15) is 0 Å². The van der Waals surface area contributed by atoms with Crippen LogP contribution >= 0.6 is 0 Å². The minimum atomic E-state index is 0.236. The third-order valence-electron chi connectivity index (χ3n) is 9.23. The van der Waals surface area contributed by atoms with Gasteiger partial charge in [-0.1, -0.05) is 146 Å². The largest absolute Gasteiger partial charge is 0.252 e. The summed E-state index contributed by atoms with van der Waals surface area (Å²) in [6.07, 6.45) is 28.7. The van der Waals surface area contributed by atoms with E-state index in [9.17, 15) is 0 Å². The number of nitrogens with zero attached hydrogens (tertiary/aromatic N) is 1. The second kappa shape index (κ2) is 12.9. The minimum absolute atomic E-state index is 0.236. The van der Waals surface area contributed by atoms with Crippen LogP contribution in [0.1, 0.15) is 67.2 Å². The summed E-state index contributed by atoms with van der Waals surface area (Å²) in [5.74, 6) is 0.609. The molecule has 1 aliphatic heterocycles. The Bertz CT molecular complexity index is 1820. The van der Waals surface area contributed by atoms with Crippen LogP contribution in [0.5, 0.6) is 0 Å². The van der Waals surface area contributed by atoms with Crippen molar-refractivity contribution in [1.29, 1.82) is 0 Å². The van der Waals surface area contributed by atoms with Crippen molar-refractivity contribution >= 4 is 16.9 Å². The molecule has 0 saturated heterocycles. The molecule has 2 atom stereocenters. The predicted octanol–water partition coefficient (Wildman–Crippen LogP) is 11.1. The number of hydrogen-bond donors (Lipinski definition) is 0. The van der Waals surface area contributed by atoms with Gasteiger partial charge in [0.25, 0.3) is 0 Å². The fraction of sp³-hybridized carbons (Fsp3) is 0.186. The Kier molecular flexibility index (Phi) is 8.20. The van der Waals surface area contributed by atoms with E-state index in [-0.39, 0.29) is 5.92 Å². The highest BCUT2D eigenvalue weighted by Gasteiger charge is 2.22. The van der Waals surface area contributed by atoms with Crippen LogP contribution in [0.15, 0.2) is 173 Å². The van der Waals surface area contributed by atoms with E-state index in [0.717, 1.165) is 43.5 Å². The van der Waals surface area contributed by atoms with Crippen molar-refractivity contribution < 1.29 is 0 Å². The maximum absolute atomic E-state index is 5.42. The molecule has 1 heterocycles. The fourth-order valence-electron chi connectivity index (χ4n) is 6.81. The van der Waals surface area contributed by atoms with E-state index < -0.39 is 0 Å². The first-order chi connectivity index (χ1) is 21.7. The van der Waals surface area contributed by atoms with E-state index in [0.29, 0.717) is 5.92 Å². The van der Waals surface area contributed by atoms with Crippen molar-refractivity contribution in [3.63, 3.8) is 0 Å². The summed E-state index contributed by atoms with van der Waals surface area (Å²) in [5, 5.41) is 0. The van der Waals surface area contributed by atoms with Gasteiger partial charge in [0.15, 0.2) is 0 Å². The van der Waals surface area contributed by atoms with Crippen molar-refractivity contribution in [2.45, 2.75) is 44.9 Å². The second-order valence-corrected chi connectivity index (χ2v) is 12.1. The zero-order valence-electron chi connectivity index (χ0n) is 25.5. The monoisotopic (exact) mass is 569 g/mol. The van der Waals surface area contributed by atoms with Crippen LogP contribution < -0.4 is 0 Å². The van der Waals surface area contributed by atoms with E-state index in [1.54, 1.807) is 0 Å². The van der Waals surface area contributed by atoms with Gasteiger partial charge in [-0.3, -0.25) is 4.99 Å². The topological polar surface area (TPSA) is 12.4 Å². The van der Waals surface area contributed by atoms with Gasteiger partial charge in [0.05, 0.1) is 5.71 Å². The van der Waals surface area contributed by atoms with Crippen molar-refractivity contribution in [3.8, 4) is 0 Å².